The molecule has 0 fully saturated rings. The maximum atomic E-state index is 12.4. The molecular formula is C16H18N2O2S. The van der Waals surface area contributed by atoms with Gasteiger partial charge in [0.05, 0.1) is 17.8 Å². The van der Waals surface area contributed by atoms with Gasteiger partial charge in [-0.15, -0.1) is 11.3 Å². The topological polar surface area (TPSA) is 50.4 Å². The van der Waals surface area contributed by atoms with Crippen LogP contribution in [0.3, 0.4) is 0 Å². The molecule has 21 heavy (non-hydrogen) atoms. The van der Waals surface area contributed by atoms with Crippen LogP contribution in [0.4, 0.5) is 5.69 Å². The number of hydrogen-bond donors (Lipinski definition) is 2. The Balaban J connectivity index is 1.71. The van der Waals surface area contributed by atoms with E-state index in [9.17, 15) is 4.79 Å². The number of ether oxygens (including phenoxy) is 1. The van der Waals surface area contributed by atoms with Gasteiger partial charge in [-0.3, -0.25) is 4.79 Å². The lowest BCUT2D eigenvalue weighted by atomic mass is 10.1. The van der Waals surface area contributed by atoms with E-state index >= 15 is 0 Å². The van der Waals surface area contributed by atoms with Crippen molar-refractivity contribution < 1.29 is 9.53 Å². The lowest BCUT2D eigenvalue weighted by molar-refractivity contribution is 0.0947. The number of carbonyl (C=O) groups is 1. The maximum Gasteiger partial charge on any atom is 0.255 e. The van der Waals surface area contributed by atoms with Crippen molar-refractivity contribution in [2.45, 2.75) is 19.9 Å². The van der Waals surface area contributed by atoms with Gasteiger partial charge in [-0.1, -0.05) is 13.0 Å². The Hall–Kier alpha value is -2.01. The van der Waals surface area contributed by atoms with Crippen LogP contribution >= 0.6 is 11.3 Å². The Morgan fingerprint density at radius 2 is 2.19 bits per heavy atom. The van der Waals surface area contributed by atoms with Crippen LogP contribution in [0.2, 0.25) is 0 Å². The molecule has 0 radical (unpaired) electrons. The summed E-state index contributed by atoms with van der Waals surface area (Å²) in [6, 6.07) is 9.78. The average Bonchev–Trinajstić information content (AvgIpc) is 3.00. The van der Waals surface area contributed by atoms with Gasteiger partial charge in [0, 0.05) is 16.3 Å². The Morgan fingerprint density at radius 1 is 1.33 bits per heavy atom. The quantitative estimate of drug-likeness (QED) is 0.912. The molecule has 2 N–H and O–H groups in total. The summed E-state index contributed by atoms with van der Waals surface area (Å²) in [5.41, 5.74) is 1.48. The van der Waals surface area contributed by atoms with E-state index in [0.29, 0.717) is 24.5 Å². The van der Waals surface area contributed by atoms with Gasteiger partial charge in [-0.05, 0) is 30.7 Å². The van der Waals surface area contributed by atoms with Gasteiger partial charge in [0.25, 0.3) is 5.91 Å². The van der Waals surface area contributed by atoms with E-state index in [1.165, 1.54) is 9.75 Å². The molecule has 1 aliphatic rings. The highest BCUT2D eigenvalue weighted by atomic mass is 32.1. The van der Waals surface area contributed by atoms with Crippen LogP contribution in [-0.2, 0) is 13.0 Å². The number of hydrogen-bond acceptors (Lipinski definition) is 4. The van der Waals surface area contributed by atoms with Crippen LogP contribution in [0.15, 0.2) is 30.3 Å². The molecule has 0 spiro atoms. The Labute approximate surface area is 128 Å². The molecular weight excluding hydrogens is 284 g/mol. The number of benzene rings is 1. The fraction of sp³-hybridized carbons (Fsp3) is 0.312. The van der Waals surface area contributed by atoms with Gasteiger partial charge in [-0.2, -0.15) is 0 Å². The Morgan fingerprint density at radius 3 is 3.00 bits per heavy atom. The molecule has 1 amide bonds. The van der Waals surface area contributed by atoms with E-state index in [-0.39, 0.29) is 5.91 Å². The van der Waals surface area contributed by atoms with Gasteiger partial charge in [0.1, 0.15) is 6.61 Å². The van der Waals surface area contributed by atoms with E-state index in [2.05, 4.69) is 29.7 Å². The molecule has 0 unspecified atom stereocenters. The van der Waals surface area contributed by atoms with Crippen LogP contribution in [0, 0.1) is 0 Å². The summed E-state index contributed by atoms with van der Waals surface area (Å²) in [5, 5.41) is 6.21. The molecule has 1 aromatic heterocycles. The second-order valence-corrected chi connectivity index (χ2v) is 6.11. The maximum absolute atomic E-state index is 12.4. The smallest absolute Gasteiger partial charge is 0.255 e. The first kappa shape index (κ1) is 13.9. The van der Waals surface area contributed by atoms with Crippen molar-refractivity contribution in [1.29, 1.82) is 0 Å². The SMILES string of the molecule is CCc1ccc(CNC(=O)c2cccc3c2OCCN3)s1. The van der Waals surface area contributed by atoms with E-state index < -0.39 is 0 Å². The molecule has 0 saturated carbocycles. The summed E-state index contributed by atoms with van der Waals surface area (Å²) >= 11 is 1.74. The van der Waals surface area contributed by atoms with Crippen molar-refractivity contribution in [2.24, 2.45) is 0 Å². The van der Waals surface area contributed by atoms with Gasteiger partial charge < -0.3 is 15.4 Å². The number of amides is 1. The summed E-state index contributed by atoms with van der Waals surface area (Å²) < 4.78 is 5.63. The molecule has 0 aliphatic carbocycles. The number of anilines is 1. The summed E-state index contributed by atoms with van der Waals surface area (Å²) in [6.45, 7) is 4.05. The van der Waals surface area contributed by atoms with Gasteiger partial charge in [0.15, 0.2) is 5.75 Å². The highest BCUT2D eigenvalue weighted by Gasteiger charge is 2.18. The molecule has 1 aromatic carbocycles. The Kier molecular flexibility index (Phi) is 4.10. The second-order valence-electron chi connectivity index (χ2n) is 4.86. The zero-order chi connectivity index (χ0) is 14.7. The number of para-hydroxylation sites is 1. The van der Waals surface area contributed by atoms with Gasteiger partial charge in [0.2, 0.25) is 0 Å². The number of rotatable bonds is 4. The molecule has 2 aromatic rings. The van der Waals surface area contributed by atoms with E-state index in [1.807, 2.05) is 12.1 Å². The molecule has 0 saturated heterocycles. The van der Waals surface area contributed by atoms with E-state index in [0.717, 1.165) is 18.7 Å². The van der Waals surface area contributed by atoms with Crippen molar-refractivity contribution >= 4 is 22.9 Å². The second kappa shape index (κ2) is 6.18. The lowest BCUT2D eigenvalue weighted by Gasteiger charge is -2.21. The predicted molar refractivity (Wildman–Crippen MR) is 85.3 cm³/mol. The number of thiophene rings is 1. The molecule has 110 valence electrons. The summed E-state index contributed by atoms with van der Waals surface area (Å²) in [5.74, 6) is 0.559. The summed E-state index contributed by atoms with van der Waals surface area (Å²) in [4.78, 5) is 14.9. The number of fused-ring (bicyclic) bond motifs is 1. The lowest BCUT2D eigenvalue weighted by Crippen LogP contribution is -2.25. The molecule has 3 rings (SSSR count). The monoisotopic (exact) mass is 302 g/mol. The fourth-order valence-corrected chi connectivity index (χ4v) is 3.22. The third-order valence-corrected chi connectivity index (χ3v) is 4.64. The van der Waals surface area contributed by atoms with Gasteiger partial charge in [-0.25, -0.2) is 0 Å². The van der Waals surface area contributed by atoms with E-state index in [4.69, 9.17) is 4.74 Å². The zero-order valence-electron chi connectivity index (χ0n) is 11.9. The minimum absolute atomic E-state index is 0.0954. The number of nitrogens with one attached hydrogen (secondary N) is 2. The molecule has 4 nitrogen and oxygen atoms in total. The zero-order valence-corrected chi connectivity index (χ0v) is 12.8. The molecule has 1 aliphatic heterocycles. The van der Waals surface area contributed by atoms with Crippen molar-refractivity contribution in [2.75, 3.05) is 18.5 Å². The molecule has 2 heterocycles. The fourth-order valence-electron chi connectivity index (χ4n) is 2.32. The van der Waals surface area contributed by atoms with Crippen molar-refractivity contribution in [1.82, 2.24) is 5.32 Å². The summed E-state index contributed by atoms with van der Waals surface area (Å²) in [6.07, 6.45) is 1.03. The molecule has 0 atom stereocenters. The first-order chi connectivity index (χ1) is 10.3. The first-order valence-electron chi connectivity index (χ1n) is 7.13. The highest BCUT2D eigenvalue weighted by molar-refractivity contribution is 7.11. The van der Waals surface area contributed by atoms with Crippen LogP contribution < -0.4 is 15.4 Å². The average molecular weight is 302 g/mol. The van der Waals surface area contributed by atoms with Crippen molar-refractivity contribution in [3.8, 4) is 5.75 Å². The third-order valence-electron chi connectivity index (χ3n) is 3.41. The Bertz CT molecular complexity index is 651. The van der Waals surface area contributed by atoms with E-state index in [1.54, 1.807) is 17.4 Å². The normalized spacial score (nSPS) is 13.0. The van der Waals surface area contributed by atoms with Crippen LogP contribution in [0.1, 0.15) is 27.0 Å². The number of carbonyl (C=O) groups excluding carboxylic acids is 1. The van der Waals surface area contributed by atoms with Crippen molar-refractivity contribution in [3.05, 3.63) is 45.6 Å². The van der Waals surface area contributed by atoms with Crippen LogP contribution in [0.25, 0.3) is 0 Å². The first-order valence-corrected chi connectivity index (χ1v) is 7.95. The highest BCUT2D eigenvalue weighted by Crippen LogP contribution is 2.31. The minimum atomic E-state index is -0.0954. The third kappa shape index (κ3) is 3.03. The minimum Gasteiger partial charge on any atom is -0.489 e. The predicted octanol–water partition coefficient (Wildman–Crippen LogP) is 3.04. The van der Waals surface area contributed by atoms with Crippen molar-refractivity contribution in [3.63, 3.8) is 0 Å². The van der Waals surface area contributed by atoms with Gasteiger partial charge >= 0.3 is 0 Å². The molecule has 5 heteroatoms. The standard InChI is InChI=1S/C16H18N2O2S/c1-2-11-6-7-12(21-11)10-18-16(19)13-4-3-5-14-15(13)20-9-8-17-14/h3-7,17H,2,8-10H2,1H3,(H,18,19). The largest absolute Gasteiger partial charge is 0.489 e. The summed E-state index contributed by atoms with van der Waals surface area (Å²) in [7, 11) is 0. The molecule has 0 bridgehead atoms. The number of aryl methyl sites for hydroxylation is 1. The van der Waals surface area contributed by atoms with Crippen LogP contribution in [0.5, 0.6) is 5.75 Å². The van der Waals surface area contributed by atoms with Crippen LogP contribution in [-0.4, -0.2) is 19.1 Å².